The summed E-state index contributed by atoms with van der Waals surface area (Å²) in [5, 5.41) is 20.7. The Morgan fingerprint density at radius 1 is 1.52 bits per heavy atom. The lowest BCUT2D eigenvalue weighted by Crippen LogP contribution is -2.52. The van der Waals surface area contributed by atoms with Crippen LogP contribution in [0, 0.1) is 17.2 Å². The van der Waals surface area contributed by atoms with E-state index in [1.54, 1.807) is 6.07 Å². The topological polar surface area (TPSA) is 56.5 Å². The van der Waals surface area contributed by atoms with E-state index in [1.165, 1.54) is 0 Å². The number of halogens is 1. The maximum absolute atomic E-state index is 10.7. The molecule has 3 atom stereocenters. The summed E-state index contributed by atoms with van der Waals surface area (Å²) < 4.78 is 5.63. The average molecular weight is 335 g/mol. The molecule has 1 aromatic rings. The molecule has 2 heterocycles. The van der Waals surface area contributed by atoms with Crippen LogP contribution < -0.4 is 0 Å². The van der Waals surface area contributed by atoms with Gasteiger partial charge in [0, 0.05) is 30.1 Å². The average Bonchev–Trinajstić information content (AvgIpc) is 2.96. The van der Waals surface area contributed by atoms with Gasteiger partial charge in [-0.2, -0.15) is 5.26 Å². The number of aliphatic hydroxyl groups is 1. The Balaban J connectivity index is 1.79. The highest BCUT2D eigenvalue weighted by molar-refractivity contribution is 6.30. The van der Waals surface area contributed by atoms with E-state index in [2.05, 4.69) is 11.0 Å². The van der Waals surface area contributed by atoms with Gasteiger partial charge in [-0.25, -0.2) is 0 Å². The summed E-state index contributed by atoms with van der Waals surface area (Å²) >= 11 is 5.99. The number of hydrogen-bond donors (Lipinski definition) is 1. The molecule has 124 valence electrons. The first-order valence-electron chi connectivity index (χ1n) is 8.24. The summed E-state index contributed by atoms with van der Waals surface area (Å²) in [7, 11) is 0. The molecule has 0 unspecified atom stereocenters. The van der Waals surface area contributed by atoms with Crippen LogP contribution in [-0.2, 0) is 11.3 Å². The molecule has 23 heavy (non-hydrogen) atoms. The van der Waals surface area contributed by atoms with Crippen molar-refractivity contribution in [2.45, 2.75) is 44.4 Å². The zero-order valence-corrected chi connectivity index (χ0v) is 14.2. The molecular weight excluding hydrogens is 312 g/mol. The summed E-state index contributed by atoms with van der Waals surface area (Å²) in [4.78, 5) is 2.39. The quantitative estimate of drug-likeness (QED) is 0.923. The lowest BCUT2D eigenvalue weighted by molar-refractivity contribution is -0.123. The Labute approximate surface area is 142 Å². The van der Waals surface area contributed by atoms with Gasteiger partial charge in [-0.1, -0.05) is 17.7 Å². The fourth-order valence-corrected chi connectivity index (χ4v) is 4.06. The smallest absolute Gasteiger partial charge is 0.0995 e. The van der Waals surface area contributed by atoms with Crippen LogP contribution in [-0.4, -0.2) is 41.4 Å². The predicted molar refractivity (Wildman–Crippen MR) is 89.1 cm³/mol. The Bertz CT molecular complexity index is 612. The third kappa shape index (κ3) is 3.54. The minimum absolute atomic E-state index is 0.122. The minimum atomic E-state index is -0.677. The molecule has 4 nitrogen and oxygen atoms in total. The highest BCUT2D eigenvalue weighted by Gasteiger charge is 2.44. The van der Waals surface area contributed by atoms with Gasteiger partial charge in [-0.05, 0) is 50.4 Å². The summed E-state index contributed by atoms with van der Waals surface area (Å²) in [5.74, 6) is 0.122. The highest BCUT2D eigenvalue weighted by atomic mass is 35.5. The maximum Gasteiger partial charge on any atom is 0.0995 e. The normalized spacial score (nSPS) is 31.9. The van der Waals surface area contributed by atoms with Crippen molar-refractivity contribution in [1.82, 2.24) is 4.90 Å². The molecule has 0 amide bonds. The molecule has 2 aliphatic rings. The van der Waals surface area contributed by atoms with Gasteiger partial charge in [-0.15, -0.1) is 0 Å². The first kappa shape index (κ1) is 16.7. The standard InChI is InChI=1S/C18H23ClN2O2/c1-18(22)6-8-23-12-16(18)17-3-2-7-21(17)11-13-4-5-15(19)9-14(13)10-20/h4-5,9,16-17,22H,2-3,6-8,11-12H2,1H3/t16-,17+,18-/m0/s1. The number of nitrogens with zero attached hydrogens (tertiary/aromatic N) is 2. The van der Waals surface area contributed by atoms with Gasteiger partial charge in [0.1, 0.15) is 0 Å². The summed E-state index contributed by atoms with van der Waals surface area (Å²) in [6.07, 6.45) is 2.87. The van der Waals surface area contributed by atoms with Crippen molar-refractivity contribution >= 4 is 11.6 Å². The minimum Gasteiger partial charge on any atom is -0.390 e. The zero-order chi connectivity index (χ0) is 16.4. The van der Waals surface area contributed by atoms with Crippen molar-refractivity contribution < 1.29 is 9.84 Å². The Morgan fingerprint density at radius 3 is 3.09 bits per heavy atom. The molecule has 0 bridgehead atoms. The van der Waals surface area contributed by atoms with Crippen molar-refractivity contribution in [3.63, 3.8) is 0 Å². The second kappa shape index (κ2) is 6.78. The van der Waals surface area contributed by atoms with Gasteiger partial charge in [0.15, 0.2) is 0 Å². The lowest BCUT2D eigenvalue weighted by atomic mass is 9.79. The van der Waals surface area contributed by atoms with E-state index < -0.39 is 5.60 Å². The molecule has 0 radical (unpaired) electrons. The van der Waals surface area contributed by atoms with Crippen LogP contribution >= 0.6 is 11.6 Å². The molecule has 0 aromatic heterocycles. The second-order valence-corrected chi connectivity index (χ2v) is 7.32. The van der Waals surface area contributed by atoms with Crippen molar-refractivity contribution in [2.24, 2.45) is 5.92 Å². The van der Waals surface area contributed by atoms with Crippen LogP contribution in [0.1, 0.15) is 37.3 Å². The predicted octanol–water partition coefficient (Wildman–Crippen LogP) is 2.96. The van der Waals surface area contributed by atoms with Gasteiger partial charge in [-0.3, -0.25) is 4.90 Å². The van der Waals surface area contributed by atoms with Crippen LogP contribution in [0.3, 0.4) is 0 Å². The van der Waals surface area contributed by atoms with Gasteiger partial charge < -0.3 is 9.84 Å². The fourth-order valence-electron chi connectivity index (χ4n) is 3.89. The lowest BCUT2D eigenvalue weighted by Gasteiger charge is -2.43. The van der Waals surface area contributed by atoms with E-state index in [0.29, 0.717) is 36.3 Å². The molecule has 0 aliphatic carbocycles. The third-order valence-electron chi connectivity index (χ3n) is 5.29. The molecule has 5 heteroatoms. The van der Waals surface area contributed by atoms with Crippen molar-refractivity contribution in [3.8, 4) is 6.07 Å². The van der Waals surface area contributed by atoms with E-state index in [0.717, 1.165) is 31.5 Å². The van der Waals surface area contributed by atoms with Crippen molar-refractivity contribution in [1.29, 1.82) is 5.26 Å². The first-order chi connectivity index (χ1) is 11.0. The van der Waals surface area contributed by atoms with Gasteiger partial charge in [0.2, 0.25) is 0 Å². The van der Waals surface area contributed by atoms with Crippen LogP contribution in [0.4, 0.5) is 0 Å². The number of hydrogen-bond acceptors (Lipinski definition) is 4. The maximum atomic E-state index is 10.7. The molecule has 1 N–H and O–H groups in total. The zero-order valence-electron chi connectivity index (χ0n) is 13.5. The van der Waals surface area contributed by atoms with E-state index >= 15 is 0 Å². The van der Waals surface area contributed by atoms with Crippen molar-refractivity contribution in [2.75, 3.05) is 19.8 Å². The van der Waals surface area contributed by atoms with E-state index in [4.69, 9.17) is 16.3 Å². The SMILES string of the molecule is C[C@]1(O)CCOC[C@H]1[C@H]1CCCN1Cc1ccc(Cl)cc1C#N. The second-order valence-electron chi connectivity index (χ2n) is 6.88. The summed E-state index contributed by atoms with van der Waals surface area (Å²) in [6.45, 7) is 4.88. The largest absolute Gasteiger partial charge is 0.390 e. The van der Waals surface area contributed by atoms with Crippen molar-refractivity contribution in [3.05, 3.63) is 34.3 Å². The fraction of sp³-hybridized carbons (Fsp3) is 0.611. The summed E-state index contributed by atoms with van der Waals surface area (Å²) in [6, 6.07) is 8.03. The number of rotatable bonds is 3. The molecular formula is C18H23ClN2O2. The molecule has 2 aliphatic heterocycles. The number of benzene rings is 1. The molecule has 0 spiro atoms. The molecule has 0 saturated carbocycles. The van der Waals surface area contributed by atoms with Crippen LogP contribution in [0.25, 0.3) is 0 Å². The molecule has 3 rings (SSSR count). The first-order valence-corrected chi connectivity index (χ1v) is 8.62. The van der Waals surface area contributed by atoms with Crippen LogP contribution in [0.15, 0.2) is 18.2 Å². The molecule has 1 aromatic carbocycles. The third-order valence-corrected chi connectivity index (χ3v) is 5.53. The number of likely N-dealkylation sites (tertiary alicyclic amines) is 1. The highest BCUT2D eigenvalue weighted by Crippen LogP contribution is 2.36. The van der Waals surface area contributed by atoms with Gasteiger partial charge in [0.05, 0.1) is 23.8 Å². The van der Waals surface area contributed by atoms with Gasteiger partial charge in [0.25, 0.3) is 0 Å². The Kier molecular flexibility index (Phi) is 4.93. The number of ether oxygens (including phenoxy) is 1. The van der Waals surface area contributed by atoms with Gasteiger partial charge >= 0.3 is 0 Å². The Hall–Kier alpha value is -1.12. The van der Waals surface area contributed by atoms with E-state index in [9.17, 15) is 10.4 Å². The molecule has 2 saturated heterocycles. The van der Waals surface area contributed by atoms with E-state index in [1.807, 2.05) is 19.1 Å². The van der Waals surface area contributed by atoms with Crippen LogP contribution in [0.5, 0.6) is 0 Å². The molecule has 2 fully saturated rings. The van der Waals surface area contributed by atoms with E-state index in [-0.39, 0.29) is 5.92 Å². The van der Waals surface area contributed by atoms with Crippen LogP contribution in [0.2, 0.25) is 5.02 Å². The number of nitriles is 1. The Morgan fingerprint density at radius 2 is 2.35 bits per heavy atom. The monoisotopic (exact) mass is 334 g/mol. The summed E-state index contributed by atoms with van der Waals surface area (Å²) in [5.41, 5.74) is 0.957.